The lowest BCUT2D eigenvalue weighted by Gasteiger charge is -2.23. The van der Waals surface area contributed by atoms with Crippen LogP contribution in [-0.4, -0.2) is 35.2 Å². The first-order valence-corrected chi connectivity index (χ1v) is 11.6. The maximum Gasteiger partial charge on any atom is 0.343 e. The fourth-order valence-corrected chi connectivity index (χ4v) is 4.85. The van der Waals surface area contributed by atoms with Gasteiger partial charge < -0.3 is 9.64 Å². The van der Waals surface area contributed by atoms with E-state index in [1.54, 1.807) is 19.1 Å². The molecule has 2 aromatic carbocycles. The van der Waals surface area contributed by atoms with E-state index >= 15 is 0 Å². The van der Waals surface area contributed by atoms with Gasteiger partial charge in [0, 0.05) is 34.9 Å². The molecule has 8 heteroatoms. The molecule has 0 amide bonds. The predicted molar refractivity (Wildman–Crippen MR) is 134 cm³/mol. The number of nitrogens with zero attached hydrogens (tertiary/aromatic N) is 3. The van der Waals surface area contributed by atoms with Gasteiger partial charge in [-0.25, -0.2) is 9.48 Å². The minimum Gasteiger partial charge on any atom is -0.454 e. The topological polar surface area (TPSA) is 64.4 Å². The number of likely N-dealkylation sites (N-methyl/N-ethyl adjacent to an activating group) is 1. The van der Waals surface area contributed by atoms with E-state index in [2.05, 4.69) is 25.0 Å². The van der Waals surface area contributed by atoms with Crippen molar-refractivity contribution in [3.8, 4) is 0 Å². The summed E-state index contributed by atoms with van der Waals surface area (Å²) in [6.07, 6.45) is 1.54. The van der Waals surface area contributed by atoms with E-state index in [9.17, 15) is 9.59 Å². The number of aryl methyl sites for hydroxylation is 1. The summed E-state index contributed by atoms with van der Waals surface area (Å²) in [7, 11) is 1.93. The van der Waals surface area contributed by atoms with Gasteiger partial charge in [-0.2, -0.15) is 5.10 Å². The Hall–Kier alpha value is -3.09. The van der Waals surface area contributed by atoms with Crippen molar-refractivity contribution in [2.45, 2.75) is 32.7 Å². The van der Waals surface area contributed by atoms with Crippen LogP contribution in [0.25, 0.3) is 0 Å². The molecular weight excluding hydrogens is 473 g/mol. The van der Waals surface area contributed by atoms with E-state index in [0.717, 1.165) is 22.5 Å². The third kappa shape index (κ3) is 4.36. The second-order valence-electron chi connectivity index (χ2n) is 8.77. The van der Waals surface area contributed by atoms with Crippen molar-refractivity contribution >= 4 is 40.6 Å². The van der Waals surface area contributed by atoms with E-state index in [4.69, 9.17) is 27.9 Å². The van der Waals surface area contributed by atoms with Gasteiger partial charge in [0.15, 0.2) is 12.4 Å². The number of rotatable bonds is 6. The summed E-state index contributed by atoms with van der Waals surface area (Å²) >= 11 is 12.7. The molecule has 0 aliphatic carbocycles. The largest absolute Gasteiger partial charge is 0.454 e. The number of fused-ring (bicyclic) bond motifs is 1. The van der Waals surface area contributed by atoms with Crippen LogP contribution in [-0.2, 0) is 21.5 Å². The lowest BCUT2D eigenvalue weighted by atomic mass is 9.83. The molecule has 176 valence electrons. The van der Waals surface area contributed by atoms with Crippen LogP contribution in [0.15, 0.2) is 60.3 Å². The molecule has 6 nitrogen and oxygen atoms in total. The van der Waals surface area contributed by atoms with E-state index in [0.29, 0.717) is 17.3 Å². The standard InChI is InChI=1S/C26H25Cl2N3O3/c1-16-23(24(28)31(29-16)14-17-9-5-7-11-20(17)27)25(33)34-15-18(32)13-22-26(2,3)19-10-6-8-12-21(19)30(22)4/h5-13H,14-15H2,1-4H3/b22-13-. The number of aromatic nitrogens is 2. The molecule has 3 aromatic rings. The van der Waals surface area contributed by atoms with E-state index in [1.807, 2.05) is 48.3 Å². The van der Waals surface area contributed by atoms with Crippen molar-refractivity contribution in [3.63, 3.8) is 0 Å². The minimum atomic E-state index is -0.693. The highest BCUT2D eigenvalue weighted by Gasteiger charge is 2.38. The van der Waals surface area contributed by atoms with Crippen LogP contribution in [0, 0.1) is 6.92 Å². The van der Waals surface area contributed by atoms with E-state index in [1.165, 1.54) is 4.68 Å². The van der Waals surface area contributed by atoms with Crippen molar-refractivity contribution in [1.29, 1.82) is 0 Å². The molecule has 2 heterocycles. The molecule has 0 saturated heterocycles. The first-order valence-electron chi connectivity index (χ1n) is 10.8. The second-order valence-corrected chi connectivity index (χ2v) is 9.54. The Labute approximate surface area is 208 Å². The van der Waals surface area contributed by atoms with E-state index < -0.39 is 12.6 Å². The normalized spacial score (nSPS) is 15.5. The van der Waals surface area contributed by atoms with Crippen molar-refractivity contribution in [2.24, 2.45) is 0 Å². The SMILES string of the molecule is Cc1nn(Cc2ccccc2Cl)c(Cl)c1C(=O)OCC(=O)/C=C1\N(C)c2ccccc2C1(C)C. The van der Waals surface area contributed by atoms with Gasteiger partial charge in [-0.15, -0.1) is 0 Å². The maximum absolute atomic E-state index is 12.8. The highest BCUT2D eigenvalue weighted by atomic mass is 35.5. The minimum absolute atomic E-state index is 0.139. The number of hydrogen-bond donors (Lipinski definition) is 0. The number of carbonyl (C=O) groups is 2. The van der Waals surface area contributed by atoms with Crippen LogP contribution in [0.5, 0.6) is 0 Å². The molecule has 0 atom stereocenters. The summed E-state index contributed by atoms with van der Waals surface area (Å²) in [6, 6.07) is 15.4. The number of ketones is 1. The first kappa shape index (κ1) is 24.0. The highest BCUT2D eigenvalue weighted by Crippen LogP contribution is 2.46. The van der Waals surface area contributed by atoms with Gasteiger partial charge in [-0.3, -0.25) is 4.79 Å². The number of benzene rings is 2. The van der Waals surface area contributed by atoms with Crippen molar-refractivity contribution < 1.29 is 14.3 Å². The van der Waals surface area contributed by atoms with Gasteiger partial charge in [0.05, 0.1) is 12.2 Å². The fraction of sp³-hybridized carbons (Fsp3) is 0.269. The number of anilines is 1. The molecule has 0 fully saturated rings. The fourth-order valence-electron chi connectivity index (χ4n) is 4.34. The van der Waals surface area contributed by atoms with Crippen LogP contribution in [0.4, 0.5) is 5.69 Å². The van der Waals surface area contributed by atoms with Crippen LogP contribution >= 0.6 is 23.2 Å². The predicted octanol–water partition coefficient (Wildman–Crippen LogP) is 5.58. The first-order chi connectivity index (χ1) is 16.1. The van der Waals surface area contributed by atoms with Crippen LogP contribution in [0.3, 0.4) is 0 Å². The summed E-state index contributed by atoms with van der Waals surface area (Å²) in [5.41, 5.74) is 4.07. The number of carbonyl (C=O) groups excluding carboxylic acids is 2. The zero-order chi connectivity index (χ0) is 24.6. The average molecular weight is 498 g/mol. The summed E-state index contributed by atoms with van der Waals surface area (Å²) in [5, 5.41) is 5.07. The Bertz CT molecular complexity index is 1310. The number of hydrogen-bond acceptors (Lipinski definition) is 5. The molecule has 4 rings (SSSR count). The number of halogens is 2. The van der Waals surface area contributed by atoms with Gasteiger partial charge in [0.2, 0.25) is 0 Å². The van der Waals surface area contributed by atoms with Crippen LogP contribution in [0.1, 0.15) is 41.0 Å². The summed E-state index contributed by atoms with van der Waals surface area (Å²) in [5.74, 6) is -1.00. The van der Waals surface area contributed by atoms with Crippen molar-refractivity contribution in [3.05, 3.63) is 92.9 Å². The lowest BCUT2D eigenvalue weighted by molar-refractivity contribution is -0.117. The molecule has 0 saturated carbocycles. The molecule has 1 aromatic heterocycles. The molecule has 0 bridgehead atoms. The van der Waals surface area contributed by atoms with Gasteiger partial charge in [0.25, 0.3) is 0 Å². The van der Waals surface area contributed by atoms with Crippen molar-refractivity contribution in [1.82, 2.24) is 9.78 Å². The molecule has 1 aliphatic rings. The van der Waals surface area contributed by atoms with E-state index in [-0.39, 0.29) is 21.9 Å². The third-order valence-corrected chi connectivity index (χ3v) is 6.88. The number of ether oxygens (including phenoxy) is 1. The van der Waals surface area contributed by atoms with Gasteiger partial charge in [-0.05, 0) is 30.2 Å². The zero-order valence-corrected chi connectivity index (χ0v) is 20.9. The molecular formula is C26H25Cl2N3O3. The molecule has 0 spiro atoms. The Kier molecular flexibility index (Phi) is 6.56. The number of esters is 1. The third-order valence-electron chi connectivity index (χ3n) is 6.13. The smallest absolute Gasteiger partial charge is 0.343 e. The maximum atomic E-state index is 12.8. The molecule has 0 radical (unpaired) electrons. The zero-order valence-electron chi connectivity index (χ0n) is 19.4. The number of para-hydroxylation sites is 1. The quantitative estimate of drug-likeness (QED) is 0.328. The summed E-state index contributed by atoms with van der Waals surface area (Å²) in [4.78, 5) is 27.5. The number of allylic oxidation sites excluding steroid dienone is 1. The van der Waals surface area contributed by atoms with Crippen molar-refractivity contribution in [2.75, 3.05) is 18.6 Å². The average Bonchev–Trinajstić information content (AvgIpc) is 3.18. The molecule has 34 heavy (non-hydrogen) atoms. The second kappa shape index (κ2) is 9.28. The summed E-state index contributed by atoms with van der Waals surface area (Å²) < 4.78 is 6.81. The molecule has 0 unspecified atom stereocenters. The Morgan fingerprint density at radius 2 is 1.76 bits per heavy atom. The van der Waals surface area contributed by atoms with Crippen LogP contribution < -0.4 is 4.90 Å². The lowest BCUT2D eigenvalue weighted by Crippen LogP contribution is -2.25. The highest BCUT2D eigenvalue weighted by molar-refractivity contribution is 6.33. The molecule has 0 N–H and O–H groups in total. The van der Waals surface area contributed by atoms with Gasteiger partial charge >= 0.3 is 5.97 Å². The van der Waals surface area contributed by atoms with Crippen LogP contribution in [0.2, 0.25) is 10.2 Å². The molecule has 1 aliphatic heterocycles. The summed E-state index contributed by atoms with van der Waals surface area (Å²) in [6.45, 7) is 5.71. The van der Waals surface area contributed by atoms with Gasteiger partial charge in [0.1, 0.15) is 10.7 Å². The Morgan fingerprint density at radius 1 is 1.09 bits per heavy atom. The monoisotopic (exact) mass is 497 g/mol. The van der Waals surface area contributed by atoms with Gasteiger partial charge in [-0.1, -0.05) is 73.4 Å². The Morgan fingerprint density at radius 3 is 2.47 bits per heavy atom. The Balaban J connectivity index is 1.47.